The normalized spacial score (nSPS) is 14.8. The highest BCUT2D eigenvalue weighted by Gasteiger charge is 2.29. The minimum atomic E-state index is -0.638. The molecule has 0 fully saturated rings. The first kappa shape index (κ1) is 26.5. The van der Waals surface area contributed by atoms with Crippen molar-refractivity contribution in [2.75, 3.05) is 19.5 Å². The number of nitrogens with zero attached hydrogens (tertiary/aromatic N) is 2. The van der Waals surface area contributed by atoms with Crippen molar-refractivity contribution in [3.63, 3.8) is 0 Å². The number of halogens is 1. The lowest BCUT2D eigenvalue weighted by atomic mass is 9.89. The number of benzene rings is 2. The van der Waals surface area contributed by atoms with Gasteiger partial charge in [0.2, 0.25) is 12.3 Å². The van der Waals surface area contributed by atoms with Crippen LogP contribution >= 0.6 is 11.8 Å². The minimum Gasteiger partial charge on any atom is -0.493 e. The second kappa shape index (κ2) is 13.0. The van der Waals surface area contributed by atoms with Crippen LogP contribution in [0.4, 0.5) is 10.5 Å². The van der Waals surface area contributed by atoms with Gasteiger partial charge in [-0.15, -0.1) is 0 Å². The van der Waals surface area contributed by atoms with Gasteiger partial charge in [0.25, 0.3) is 0 Å². The van der Waals surface area contributed by atoms with Crippen LogP contribution in [0.15, 0.2) is 47.6 Å². The van der Waals surface area contributed by atoms with Gasteiger partial charge in [-0.25, -0.2) is 9.80 Å². The van der Waals surface area contributed by atoms with Crippen LogP contribution in [0.3, 0.4) is 0 Å². The number of nitrogens with two attached hydrogens (primary N) is 1. The van der Waals surface area contributed by atoms with Crippen LogP contribution in [-0.2, 0) is 16.1 Å². The summed E-state index contributed by atoms with van der Waals surface area (Å²) in [5, 5.41) is 8.71. The Kier molecular flexibility index (Phi) is 10.2. The van der Waals surface area contributed by atoms with Crippen LogP contribution in [0.5, 0.6) is 11.5 Å². The number of hydrogen-bond acceptors (Lipinski definition) is 6. The van der Waals surface area contributed by atoms with E-state index in [-0.39, 0.29) is 11.8 Å². The average molecular weight is 490 g/mol. The van der Waals surface area contributed by atoms with Crippen molar-refractivity contribution in [3.8, 4) is 11.5 Å². The smallest absolute Gasteiger partial charge is 0.316 e. The van der Waals surface area contributed by atoms with E-state index in [9.17, 15) is 9.59 Å². The van der Waals surface area contributed by atoms with Crippen LogP contribution < -0.4 is 25.4 Å². The van der Waals surface area contributed by atoms with Gasteiger partial charge in [0.1, 0.15) is 0 Å². The number of methoxy groups -OCH3 is 2. The molecule has 34 heavy (non-hydrogen) atoms. The molecular weight excluding hydrogens is 462 g/mol. The highest BCUT2D eigenvalue weighted by atomic mass is 35.5. The van der Waals surface area contributed by atoms with Crippen molar-refractivity contribution in [1.82, 2.24) is 9.84 Å². The Morgan fingerprint density at radius 2 is 1.94 bits per heavy atom. The molecule has 4 N–H and O–H groups in total. The summed E-state index contributed by atoms with van der Waals surface area (Å²) in [6.45, 7) is 2.34. The first-order chi connectivity index (χ1) is 16.4. The summed E-state index contributed by atoms with van der Waals surface area (Å²) in [5.74, 6) is 1.23. The molecule has 0 aromatic heterocycles. The average Bonchev–Trinajstić information content (AvgIpc) is 2.84. The molecule has 2 aromatic rings. The fourth-order valence-corrected chi connectivity index (χ4v) is 3.49. The summed E-state index contributed by atoms with van der Waals surface area (Å²) in [5.41, 5.74) is 8.31. The van der Waals surface area contributed by atoms with Gasteiger partial charge in [0, 0.05) is 35.4 Å². The van der Waals surface area contributed by atoms with Crippen molar-refractivity contribution in [2.24, 2.45) is 16.8 Å². The largest absolute Gasteiger partial charge is 0.493 e. The van der Waals surface area contributed by atoms with Gasteiger partial charge in [-0.05, 0) is 42.3 Å². The predicted octanol–water partition coefficient (Wildman–Crippen LogP) is 3.24. The Bertz CT molecular complexity index is 1050. The first-order valence-corrected chi connectivity index (χ1v) is 10.8. The SMILES string of the molecule is CCC1CC(=O)N(Cc2cccc(NC(N)=O)c2)N=C1c1ccc(OC)c(OC)c1.O=CNCl. The highest BCUT2D eigenvalue weighted by molar-refractivity contribution is 6.18. The van der Waals surface area contributed by atoms with E-state index in [0.29, 0.717) is 36.6 Å². The van der Waals surface area contributed by atoms with E-state index in [4.69, 9.17) is 25.1 Å². The van der Waals surface area contributed by atoms with Gasteiger partial charge in [0.05, 0.1) is 26.5 Å². The van der Waals surface area contributed by atoms with Gasteiger partial charge in [0.15, 0.2) is 11.5 Å². The third-order valence-electron chi connectivity index (χ3n) is 5.07. The van der Waals surface area contributed by atoms with Gasteiger partial charge >= 0.3 is 6.03 Å². The molecule has 182 valence electrons. The van der Waals surface area contributed by atoms with Crippen LogP contribution in [0.1, 0.15) is 30.9 Å². The van der Waals surface area contributed by atoms with Crippen molar-refractivity contribution < 1.29 is 23.9 Å². The lowest BCUT2D eigenvalue weighted by Crippen LogP contribution is -2.36. The van der Waals surface area contributed by atoms with Crippen LogP contribution in [-0.4, -0.2) is 43.3 Å². The van der Waals surface area contributed by atoms with Crippen molar-refractivity contribution in [2.45, 2.75) is 26.3 Å². The number of amides is 4. The standard InChI is InChI=1S/C22H26N4O4.CH2ClNO/c1-4-15-12-20(27)26(13-14-6-5-7-17(10-14)24-22(23)28)25-21(15)16-8-9-18(29-2)19(11-16)30-3;2-3-1-4/h5-11,15H,4,12-13H2,1-3H3,(H3,23,24,28);1H,(H,3,4). The first-order valence-electron chi connectivity index (χ1n) is 10.4. The Morgan fingerprint density at radius 3 is 2.53 bits per heavy atom. The lowest BCUT2D eigenvalue weighted by molar-refractivity contribution is -0.133. The third-order valence-corrected chi connectivity index (χ3v) is 5.16. The molecule has 0 bridgehead atoms. The van der Waals surface area contributed by atoms with E-state index in [1.165, 1.54) is 5.01 Å². The molecule has 0 radical (unpaired) electrons. The van der Waals surface area contributed by atoms with E-state index in [2.05, 4.69) is 17.1 Å². The van der Waals surface area contributed by atoms with E-state index in [1.54, 1.807) is 37.3 Å². The zero-order valence-corrected chi connectivity index (χ0v) is 20.0. The van der Waals surface area contributed by atoms with Gasteiger partial charge in [-0.3, -0.25) is 14.4 Å². The monoisotopic (exact) mass is 489 g/mol. The highest BCUT2D eigenvalue weighted by Crippen LogP contribution is 2.31. The molecule has 1 atom stereocenters. The van der Waals surface area contributed by atoms with E-state index >= 15 is 0 Å². The fourth-order valence-electron chi connectivity index (χ4n) is 3.49. The summed E-state index contributed by atoms with van der Waals surface area (Å²) in [4.78, 5) is 34.5. The third kappa shape index (κ3) is 7.11. The molecule has 10 nitrogen and oxygen atoms in total. The summed E-state index contributed by atoms with van der Waals surface area (Å²) < 4.78 is 10.7. The van der Waals surface area contributed by atoms with Gasteiger partial charge in [-0.1, -0.05) is 19.1 Å². The maximum atomic E-state index is 12.7. The molecule has 0 spiro atoms. The second-order valence-electron chi connectivity index (χ2n) is 7.23. The summed E-state index contributed by atoms with van der Waals surface area (Å²) in [6, 6.07) is 12.2. The molecule has 1 unspecified atom stereocenters. The fraction of sp³-hybridized carbons (Fsp3) is 0.304. The predicted molar refractivity (Wildman–Crippen MR) is 130 cm³/mol. The molecule has 0 saturated carbocycles. The van der Waals surface area contributed by atoms with Crippen molar-refractivity contribution in [3.05, 3.63) is 53.6 Å². The molecule has 2 aromatic carbocycles. The quantitative estimate of drug-likeness (QED) is 0.386. The maximum Gasteiger partial charge on any atom is 0.316 e. The van der Waals surface area contributed by atoms with Gasteiger partial charge in [-0.2, -0.15) is 5.10 Å². The van der Waals surface area contributed by atoms with E-state index in [1.807, 2.05) is 31.2 Å². The molecular formula is C23H28ClN5O5. The minimum absolute atomic E-state index is 0.0229. The number of nitrogens with one attached hydrogen (secondary N) is 2. The Hall–Kier alpha value is -3.79. The van der Waals surface area contributed by atoms with Crippen molar-refractivity contribution in [1.29, 1.82) is 0 Å². The van der Waals surface area contributed by atoms with Crippen LogP contribution in [0, 0.1) is 5.92 Å². The molecule has 0 saturated heterocycles. The van der Waals surface area contributed by atoms with Crippen molar-refractivity contribution >= 4 is 41.5 Å². The number of ether oxygens (including phenoxy) is 2. The lowest BCUT2D eigenvalue weighted by Gasteiger charge is -2.29. The zero-order valence-electron chi connectivity index (χ0n) is 19.2. The van der Waals surface area contributed by atoms with E-state index < -0.39 is 6.03 Å². The molecule has 11 heteroatoms. The summed E-state index contributed by atoms with van der Waals surface area (Å²) in [6.07, 6.45) is 1.56. The molecule has 3 rings (SSSR count). The number of rotatable bonds is 8. The molecule has 0 aliphatic carbocycles. The number of anilines is 1. The molecule has 1 aliphatic heterocycles. The number of carbonyl (C=O) groups is 3. The summed E-state index contributed by atoms with van der Waals surface area (Å²) in [7, 11) is 3.18. The Balaban J connectivity index is 0.000000945. The number of hydrazone groups is 1. The maximum absolute atomic E-state index is 12.7. The number of primary amides is 1. The molecule has 1 aliphatic rings. The molecule has 1 heterocycles. The Morgan fingerprint density at radius 1 is 1.24 bits per heavy atom. The van der Waals surface area contributed by atoms with Gasteiger partial charge < -0.3 is 20.5 Å². The summed E-state index contributed by atoms with van der Waals surface area (Å²) >= 11 is 4.57. The van der Waals surface area contributed by atoms with Crippen LogP contribution in [0.25, 0.3) is 0 Å². The zero-order chi connectivity index (χ0) is 25.1. The van der Waals surface area contributed by atoms with E-state index in [0.717, 1.165) is 23.3 Å². The number of urea groups is 1. The van der Waals surface area contributed by atoms with Crippen LogP contribution in [0.2, 0.25) is 0 Å². The topological polar surface area (TPSA) is 135 Å². The number of hydrogen-bond donors (Lipinski definition) is 3. The number of carbonyl (C=O) groups excluding carboxylic acids is 3. The second-order valence-corrected chi connectivity index (χ2v) is 7.45. The Labute approximate surface area is 203 Å². The molecule has 4 amide bonds.